The third-order valence-electron chi connectivity index (χ3n) is 3.34. The number of carbonyl (C=O) groups excluding carboxylic acids is 2. The molecule has 1 fully saturated rings. The van der Waals surface area contributed by atoms with Crippen LogP contribution in [0.15, 0.2) is 30.5 Å². The quantitative estimate of drug-likeness (QED) is 0.908. The van der Waals surface area contributed by atoms with Crippen LogP contribution < -0.4 is 5.32 Å². The van der Waals surface area contributed by atoms with Crippen molar-refractivity contribution in [3.8, 4) is 0 Å². The highest BCUT2D eigenvalue weighted by atomic mass is 16.2. The van der Waals surface area contributed by atoms with Crippen molar-refractivity contribution in [1.29, 1.82) is 0 Å². The molecule has 1 heterocycles. The molecule has 1 aromatic carbocycles. The van der Waals surface area contributed by atoms with E-state index in [1.807, 2.05) is 18.2 Å². The Morgan fingerprint density at radius 3 is 2.71 bits per heavy atom. The second kappa shape index (κ2) is 5.47. The summed E-state index contributed by atoms with van der Waals surface area (Å²) in [6, 6.07) is 7.65. The number of amides is 2. The molecule has 108 valence electrons. The van der Waals surface area contributed by atoms with Gasteiger partial charge in [-0.2, -0.15) is 0 Å². The van der Waals surface area contributed by atoms with Crippen LogP contribution in [0.3, 0.4) is 0 Å². The minimum absolute atomic E-state index is 0.0316. The predicted octanol–water partition coefficient (Wildman–Crippen LogP) is 0.980. The predicted molar refractivity (Wildman–Crippen MR) is 77.7 cm³/mol. The highest BCUT2D eigenvalue weighted by molar-refractivity contribution is 5.95. The number of fused-ring (bicyclic) bond motifs is 1. The van der Waals surface area contributed by atoms with Gasteiger partial charge in [-0.3, -0.25) is 14.6 Å². The second-order valence-corrected chi connectivity index (χ2v) is 5.25. The Hall–Kier alpha value is -2.50. The minimum atomic E-state index is -0.306. The number of nitrogens with zero attached hydrogens (tertiary/aromatic N) is 3. The molecular formula is C15H16N4O2. The number of aromatic nitrogens is 2. The first-order valence-electron chi connectivity index (χ1n) is 6.90. The zero-order valence-corrected chi connectivity index (χ0v) is 11.7. The molecule has 0 bridgehead atoms. The van der Waals surface area contributed by atoms with Crippen molar-refractivity contribution >= 4 is 22.8 Å². The summed E-state index contributed by atoms with van der Waals surface area (Å²) in [6.45, 7) is 0.0316. The molecule has 0 atom stereocenters. The molecule has 6 nitrogen and oxygen atoms in total. The average Bonchev–Trinajstić information content (AvgIpc) is 3.29. The van der Waals surface area contributed by atoms with E-state index < -0.39 is 0 Å². The summed E-state index contributed by atoms with van der Waals surface area (Å²) in [5.41, 5.74) is 1.65. The fourth-order valence-electron chi connectivity index (χ4n) is 2.04. The van der Waals surface area contributed by atoms with Gasteiger partial charge in [-0.1, -0.05) is 12.1 Å². The molecule has 0 unspecified atom stereocenters. The van der Waals surface area contributed by atoms with Gasteiger partial charge in [-0.15, -0.1) is 0 Å². The lowest BCUT2D eigenvalue weighted by Gasteiger charge is -2.16. The highest BCUT2D eigenvalue weighted by Crippen LogP contribution is 2.18. The Morgan fingerprint density at radius 1 is 1.29 bits per heavy atom. The van der Waals surface area contributed by atoms with E-state index in [-0.39, 0.29) is 24.1 Å². The summed E-state index contributed by atoms with van der Waals surface area (Å²) in [7, 11) is 1.59. The van der Waals surface area contributed by atoms with Gasteiger partial charge in [0.2, 0.25) is 5.91 Å². The van der Waals surface area contributed by atoms with E-state index in [0.717, 1.165) is 18.4 Å². The fourth-order valence-corrected chi connectivity index (χ4v) is 2.04. The number of hydrogen-bond acceptors (Lipinski definition) is 4. The molecule has 21 heavy (non-hydrogen) atoms. The van der Waals surface area contributed by atoms with E-state index in [9.17, 15) is 9.59 Å². The largest absolute Gasteiger partial charge is 0.352 e. The van der Waals surface area contributed by atoms with Gasteiger partial charge in [-0.25, -0.2) is 4.98 Å². The van der Waals surface area contributed by atoms with Crippen LogP contribution in [0.25, 0.3) is 11.0 Å². The molecule has 0 aliphatic heterocycles. The number of rotatable bonds is 4. The summed E-state index contributed by atoms with van der Waals surface area (Å²) in [4.78, 5) is 33.8. The molecule has 0 spiro atoms. The molecule has 3 rings (SSSR count). The van der Waals surface area contributed by atoms with Crippen molar-refractivity contribution in [2.75, 3.05) is 13.6 Å². The fraction of sp³-hybridized carbons (Fsp3) is 0.333. The van der Waals surface area contributed by atoms with Crippen LogP contribution in [0, 0.1) is 0 Å². The number of nitrogens with one attached hydrogen (secondary N) is 1. The third-order valence-corrected chi connectivity index (χ3v) is 3.34. The smallest absolute Gasteiger partial charge is 0.274 e. The Labute approximate surface area is 122 Å². The monoisotopic (exact) mass is 284 g/mol. The number of hydrogen-bond donors (Lipinski definition) is 1. The molecule has 6 heteroatoms. The Balaban J connectivity index is 1.71. The van der Waals surface area contributed by atoms with Crippen molar-refractivity contribution in [3.63, 3.8) is 0 Å². The molecule has 2 amide bonds. The van der Waals surface area contributed by atoms with E-state index in [1.54, 1.807) is 13.1 Å². The molecule has 1 N–H and O–H groups in total. The van der Waals surface area contributed by atoms with Gasteiger partial charge in [0.1, 0.15) is 5.69 Å². The van der Waals surface area contributed by atoms with Gasteiger partial charge in [-0.05, 0) is 25.0 Å². The van der Waals surface area contributed by atoms with E-state index in [1.165, 1.54) is 11.1 Å². The molecule has 1 aromatic heterocycles. The molecule has 0 radical (unpaired) electrons. The van der Waals surface area contributed by atoms with Crippen molar-refractivity contribution < 1.29 is 9.59 Å². The molecule has 0 saturated heterocycles. The van der Waals surface area contributed by atoms with E-state index in [0.29, 0.717) is 11.6 Å². The van der Waals surface area contributed by atoms with Crippen LogP contribution in [-0.2, 0) is 4.79 Å². The van der Waals surface area contributed by atoms with E-state index in [4.69, 9.17) is 0 Å². The molecule has 1 aliphatic carbocycles. The van der Waals surface area contributed by atoms with Crippen LogP contribution in [0.1, 0.15) is 23.3 Å². The Bertz CT molecular complexity index is 697. The van der Waals surface area contributed by atoms with Crippen molar-refractivity contribution in [3.05, 3.63) is 36.2 Å². The van der Waals surface area contributed by atoms with Crippen LogP contribution in [0.5, 0.6) is 0 Å². The summed E-state index contributed by atoms with van der Waals surface area (Å²) in [5, 5.41) is 2.85. The van der Waals surface area contributed by atoms with Gasteiger partial charge in [0.05, 0.1) is 23.8 Å². The SMILES string of the molecule is CN(CC(=O)NC1CC1)C(=O)c1cnc2ccccc2n1. The van der Waals surface area contributed by atoms with Crippen molar-refractivity contribution in [1.82, 2.24) is 20.2 Å². The maximum atomic E-state index is 12.3. The third kappa shape index (κ3) is 3.16. The molecular weight excluding hydrogens is 268 g/mol. The van der Waals surface area contributed by atoms with E-state index >= 15 is 0 Å². The zero-order valence-electron chi connectivity index (χ0n) is 11.7. The first kappa shape index (κ1) is 13.5. The highest BCUT2D eigenvalue weighted by Gasteiger charge is 2.24. The molecule has 1 saturated carbocycles. The van der Waals surface area contributed by atoms with Gasteiger partial charge in [0.15, 0.2) is 0 Å². The van der Waals surface area contributed by atoms with Crippen LogP contribution in [0.4, 0.5) is 0 Å². The number of benzene rings is 1. The first-order valence-corrected chi connectivity index (χ1v) is 6.90. The standard InChI is InChI=1S/C15H16N4O2/c1-19(9-14(20)17-10-6-7-10)15(21)13-8-16-11-4-2-3-5-12(11)18-13/h2-5,8,10H,6-7,9H2,1H3,(H,17,20). The van der Waals surface area contributed by atoms with Gasteiger partial charge in [0, 0.05) is 13.1 Å². The van der Waals surface area contributed by atoms with Crippen LogP contribution in [-0.4, -0.2) is 46.3 Å². The lowest BCUT2D eigenvalue weighted by atomic mass is 10.3. The van der Waals surface area contributed by atoms with Crippen molar-refractivity contribution in [2.24, 2.45) is 0 Å². The first-order chi connectivity index (χ1) is 10.1. The molecule has 2 aromatic rings. The number of para-hydroxylation sites is 2. The lowest BCUT2D eigenvalue weighted by Crippen LogP contribution is -2.39. The normalized spacial score (nSPS) is 14.0. The number of likely N-dealkylation sites (N-methyl/N-ethyl adjacent to an activating group) is 1. The Morgan fingerprint density at radius 2 is 2.00 bits per heavy atom. The van der Waals surface area contributed by atoms with Gasteiger partial charge in [0.25, 0.3) is 5.91 Å². The maximum Gasteiger partial charge on any atom is 0.274 e. The summed E-state index contributed by atoms with van der Waals surface area (Å²) in [6.07, 6.45) is 3.50. The molecule has 1 aliphatic rings. The summed E-state index contributed by atoms with van der Waals surface area (Å²) in [5.74, 6) is -0.443. The van der Waals surface area contributed by atoms with Crippen LogP contribution >= 0.6 is 0 Å². The maximum absolute atomic E-state index is 12.3. The summed E-state index contributed by atoms with van der Waals surface area (Å²) < 4.78 is 0. The second-order valence-electron chi connectivity index (χ2n) is 5.25. The van der Waals surface area contributed by atoms with Crippen molar-refractivity contribution in [2.45, 2.75) is 18.9 Å². The topological polar surface area (TPSA) is 75.2 Å². The summed E-state index contributed by atoms with van der Waals surface area (Å²) >= 11 is 0. The zero-order chi connectivity index (χ0) is 14.8. The number of carbonyl (C=O) groups is 2. The Kier molecular flexibility index (Phi) is 3.51. The average molecular weight is 284 g/mol. The van der Waals surface area contributed by atoms with Crippen LogP contribution in [0.2, 0.25) is 0 Å². The minimum Gasteiger partial charge on any atom is -0.352 e. The van der Waals surface area contributed by atoms with Gasteiger partial charge >= 0.3 is 0 Å². The van der Waals surface area contributed by atoms with Gasteiger partial charge < -0.3 is 10.2 Å². The van der Waals surface area contributed by atoms with E-state index in [2.05, 4.69) is 15.3 Å². The lowest BCUT2D eigenvalue weighted by molar-refractivity contribution is -0.121.